The molecule has 0 aliphatic rings. The lowest BCUT2D eigenvalue weighted by atomic mass is 10.1. The molecule has 30 heavy (non-hydrogen) atoms. The number of primary amides is 1. The summed E-state index contributed by atoms with van der Waals surface area (Å²) >= 11 is 0. The number of ether oxygens (including phenoxy) is 2. The van der Waals surface area contributed by atoms with E-state index >= 15 is 0 Å². The Labute approximate surface area is 173 Å². The van der Waals surface area contributed by atoms with Gasteiger partial charge >= 0.3 is 12.1 Å². The van der Waals surface area contributed by atoms with Crippen molar-refractivity contribution in [3.8, 4) is 5.75 Å². The van der Waals surface area contributed by atoms with E-state index in [1.54, 1.807) is 20.8 Å². The molecule has 2 amide bonds. The Morgan fingerprint density at radius 2 is 1.87 bits per heavy atom. The third-order valence-corrected chi connectivity index (χ3v) is 3.82. The molecule has 1 aromatic carbocycles. The Balaban J connectivity index is 2.85. The highest BCUT2D eigenvalue weighted by molar-refractivity contribution is 5.74. The zero-order valence-electron chi connectivity index (χ0n) is 17.3. The van der Waals surface area contributed by atoms with E-state index in [-0.39, 0.29) is 50.0 Å². The minimum absolute atomic E-state index is 0.0139. The Morgan fingerprint density at radius 1 is 1.20 bits per heavy atom. The third kappa shape index (κ3) is 10.0. The van der Waals surface area contributed by atoms with Gasteiger partial charge in [-0.1, -0.05) is 0 Å². The van der Waals surface area contributed by atoms with Crippen LogP contribution in [0.1, 0.15) is 52.0 Å². The van der Waals surface area contributed by atoms with Crippen molar-refractivity contribution in [2.75, 3.05) is 6.61 Å². The van der Waals surface area contributed by atoms with Crippen LogP contribution in [0.15, 0.2) is 12.1 Å². The van der Waals surface area contributed by atoms with Gasteiger partial charge in [-0.05, 0) is 51.7 Å². The van der Waals surface area contributed by atoms with E-state index in [2.05, 4.69) is 5.32 Å². The minimum atomic E-state index is -1.03. The molecule has 8 nitrogen and oxygen atoms in total. The van der Waals surface area contributed by atoms with Crippen molar-refractivity contribution in [2.45, 2.75) is 64.5 Å². The third-order valence-electron chi connectivity index (χ3n) is 3.82. The zero-order valence-corrected chi connectivity index (χ0v) is 17.3. The molecule has 0 heterocycles. The number of carboxylic acid groups (broad SMARTS) is 1. The summed E-state index contributed by atoms with van der Waals surface area (Å²) in [5.41, 5.74) is 4.37. The summed E-state index contributed by atoms with van der Waals surface area (Å²) in [6.07, 6.45) is -0.729. The molecule has 0 radical (unpaired) electrons. The second kappa shape index (κ2) is 11.3. The van der Waals surface area contributed by atoms with Gasteiger partial charge in [0.25, 0.3) is 0 Å². The number of hydrogen-bond donors (Lipinski definition) is 3. The normalized spacial score (nSPS) is 12.2. The van der Waals surface area contributed by atoms with Gasteiger partial charge in [0.1, 0.15) is 18.0 Å². The molecule has 10 heteroatoms. The molecule has 1 atom stereocenters. The van der Waals surface area contributed by atoms with Crippen molar-refractivity contribution < 1.29 is 37.7 Å². The van der Waals surface area contributed by atoms with Crippen molar-refractivity contribution in [3.63, 3.8) is 0 Å². The van der Waals surface area contributed by atoms with Gasteiger partial charge in [0.2, 0.25) is 5.91 Å². The Hall–Kier alpha value is -2.91. The van der Waals surface area contributed by atoms with Crippen molar-refractivity contribution in [1.82, 2.24) is 5.32 Å². The largest absolute Gasteiger partial charge is 0.488 e. The molecule has 168 valence electrons. The van der Waals surface area contributed by atoms with Crippen molar-refractivity contribution in [3.05, 3.63) is 29.3 Å². The summed E-state index contributed by atoms with van der Waals surface area (Å²) in [6, 6.07) is 1.09. The molecule has 4 N–H and O–H groups in total. The van der Waals surface area contributed by atoms with E-state index < -0.39 is 41.2 Å². The van der Waals surface area contributed by atoms with E-state index in [4.69, 9.17) is 20.3 Å². The van der Waals surface area contributed by atoms with Gasteiger partial charge in [-0.15, -0.1) is 0 Å². The maximum atomic E-state index is 14.6. The van der Waals surface area contributed by atoms with Crippen LogP contribution in [-0.4, -0.2) is 41.3 Å². The number of benzene rings is 1. The first-order valence-electron chi connectivity index (χ1n) is 9.47. The van der Waals surface area contributed by atoms with Crippen LogP contribution in [0.5, 0.6) is 5.75 Å². The van der Waals surface area contributed by atoms with Crippen molar-refractivity contribution in [1.29, 1.82) is 0 Å². The standard InChI is InChI=1S/C20H28F2N2O6/c1-20(2,3)30-19(28)24-14(7-8-16(23)25)11-29-15-10-13(21)9-12(18(15)22)5-4-6-17(26)27/h9-10,14H,4-8,11H2,1-3H3,(H2,23,25)(H,24,28)(H,26,27)/t14-/m0/s1. The van der Waals surface area contributed by atoms with Crippen LogP contribution in [0.2, 0.25) is 0 Å². The predicted molar refractivity (Wildman–Crippen MR) is 104 cm³/mol. The molecule has 1 rings (SSSR count). The number of amides is 2. The molecule has 0 fully saturated rings. The van der Waals surface area contributed by atoms with Crippen LogP contribution in [0.4, 0.5) is 13.6 Å². The number of rotatable bonds is 11. The minimum Gasteiger partial charge on any atom is -0.488 e. The van der Waals surface area contributed by atoms with Gasteiger partial charge in [-0.2, -0.15) is 0 Å². The number of carbonyl (C=O) groups is 3. The fourth-order valence-electron chi connectivity index (χ4n) is 2.51. The monoisotopic (exact) mass is 430 g/mol. The number of nitrogens with two attached hydrogens (primary N) is 1. The average molecular weight is 430 g/mol. The number of aliphatic carboxylic acids is 1. The van der Waals surface area contributed by atoms with E-state index in [0.29, 0.717) is 0 Å². The highest BCUT2D eigenvalue weighted by Crippen LogP contribution is 2.24. The van der Waals surface area contributed by atoms with Gasteiger partial charge in [0.15, 0.2) is 11.6 Å². The number of alkyl carbamates (subject to hydrolysis) is 1. The smallest absolute Gasteiger partial charge is 0.407 e. The van der Waals surface area contributed by atoms with Gasteiger partial charge in [0.05, 0.1) is 6.04 Å². The number of halogens is 2. The fourth-order valence-corrected chi connectivity index (χ4v) is 2.51. The van der Waals surface area contributed by atoms with E-state index in [0.717, 1.165) is 12.1 Å². The number of nitrogens with one attached hydrogen (secondary N) is 1. The summed E-state index contributed by atoms with van der Waals surface area (Å²) in [7, 11) is 0. The average Bonchev–Trinajstić information content (AvgIpc) is 2.58. The number of carboxylic acids is 1. The molecule has 0 unspecified atom stereocenters. The molecule has 0 aliphatic carbocycles. The number of hydrogen-bond acceptors (Lipinski definition) is 5. The van der Waals surface area contributed by atoms with Gasteiger partial charge in [0, 0.05) is 18.9 Å². The number of aryl methyl sites for hydroxylation is 1. The van der Waals surface area contributed by atoms with Gasteiger partial charge < -0.3 is 25.6 Å². The lowest BCUT2D eigenvalue weighted by Gasteiger charge is -2.24. The van der Waals surface area contributed by atoms with Crippen LogP contribution in [0.3, 0.4) is 0 Å². The number of carbonyl (C=O) groups excluding carboxylic acids is 2. The maximum absolute atomic E-state index is 14.6. The second-order valence-electron chi connectivity index (χ2n) is 7.78. The lowest BCUT2D eigenvalue weighted by molar-refractivity contribution is -0.137. The topological polar surface area (TPSA) is 128 Å². The quantitative estimate of drug-likeness (QED) is 0.495. The molecule has 0 saturated heterocycles. The molecule has 0 aromatic heterocycles. The van der Waals surface area contributed by atoms with Crippen LogP contribution < -0.4 is 15.8 Å². The first kappa shape index (κ1) is 25.1. The summed E-state index contributed by atoms with van der Waals surface area (Å²) in [4.78, 5) is 33.7. The summed E-state index contributed by atoms with van der Waals surface area (Å²) in [6.45, 7) is 4.77. The molecule has 0 bridgehead atoms. The Bertz CT molecular complexity index is 764. The fraction of sp³-hybridized carbons (Fsp3) is 0.550. The van der Waals surface area contributed by atoms with Crippen LogP contribution in [0.25, 0.3) is 0 Å². The zero-order chi connectivity index (χ0) is 22.9. The first-order valence-corrected chi connectivity index (χ1v) is 9.47. The van der Waals surface area contributed by atoms with Crippen LogP contribution >= 0.6 is 0 Å². The highest BCUT2D eigenvalue weighted by atomic mass is 19.1. The summed E-state index contributed by atoms with van der Waals surface area (Å²) < 4.78 is 39.0. The molecule has 0 spiro atoms. The SMILES string of the molecule is CC(C)(C)OC(=O)N[C@@H](CCC(N)=O)COc1cc(F)cc(CCCC(=O)O)c1F. The molecular formula is C20H28F2N2O6. The van der Waals surface area contributed by atoms with E-state index in [9.17, 15) is 23.2 Å². The Morgan fingerprint density at radius 3 is 2.43 bits per heavy atom. The van der Waals surface area contributed by atoms with E-state index in [1.165, 1.54) is 0 Å². The summed E-state index contributed by atoms with van der Waals surface area (Å²) in [5, 5.41) is 11.2. The van der Waals surface area contributed by atoms with E-state index in [1.807, 2.05) is 0 Å². The molecular weight excluding hydrogens is 402 g/mol. The highest BCUT2D eigenvalue weighted by Gasteiger charge is 2.21. The first-order chi connectivity index (χ1) is 13.9. The Kier molecular flexibility index (Phi) is 9.48. The van der Waals surface area contributed by atoms with Crippen LogP contribution in [-0.2, 0) is 20.7 Å². The predicted octanol–water partition coefficient (Wildman–Crippen LogP) is 2.91. The molecule has 0 aliphatic heterocycles. The van der Waals surface area contributed by atoms with Crippen LogP contribution in [0, 0.1) is 11.6 Å². The molecule has 0 saturated carbocycles. The lowest BCUT2D eigenvalue weighted by Crippen LogP contribution is -2.42. The van der Waals surface area contributed by atoms with Gasteiger partial charge in [-0.25, -0.2) is 13.6 Å². The van der Waals surface area contributed by atoms with Gasteiger partial charge in [-0.3, -0.25) is 9.59 Å². The second-order valence-corrected chi connectivity index (χ2v) is 7.78. The van der Waals surface area contributed by atoms with Crippen molar-refractivity contribution in [2.24, 2.45) is 5.73 Å². The summed E-state index contributed by atoms with van der Waals surface area (Å²) in [5.74, 6) is -3.56. The van der Waals surface area contributed by atoms with Crippen molar-refractivity contribution >= 4 is 18.0 Å². The molecule has 1 aromatic rings. The maximum Gasteiger partial charge on any atom is 0.407 e.